The Hall–Kier alpha value is -2.66. The van der Waals surface area contributed by atoms with E-state index in [-0.39, 0.29) is 11.9 Å². The van der Waals surface area contributed by atoms with Gasteiger partial charge < -0.3 is 10.1 Å². The Balaban J connectivity index is 1.81. The zero-order valence-electron chi connectivity index (χ0n) is 15.4. The predicted octanol–water partition coefficient (Wildman–Crippen LogP) is 3.71. The van der Waals surface area contributed by atoms with Gasteiger partial charge in [0.1, 0.15) is 0 Å². The van der Waals surface area contributed by atoms with Gasteiger partial charge in [-0.15, -0.1) is 0 Å². The van der Waals surface area contributed by atoms with Crippen molar-refractivity contribution in [2.45, 2.75) is 26.8 Å². The molecule has 138 valence electrons. The lowest BCUT2D eigenvalue weighted by Crippen LogP contribution is -2.27. The molecule has 0 unspecified atom stereocenters. The zero-order valence-corrected chi connectivity index (χ0v) is 15.4. The van der Waals surface area contributed by atoms with Crippen molar-refractivity contribution in [1.29, 1.82) is 0 Å². The molecule has 5 nitrogen and oxygen atoms in total. The first-order chi connectivity index (χ1) is 12.6. The molecule has 2 aromatic carbocycles. The van der Waals surface area contributed by atoms with Gasteiger partial charge in [-0.1, -0.05) is 37.3 Å². The molecule has 0 aliphatic heterocycles. The number of ether oxygens (including phenoxy) is 1. The summed E-state index contributed by atoms with van der Waals surface area (Å²) < 4.78 is 4.94. The van der Waals surface area contributed by atoms with E-state index < -0.39 is 0 Å². The highest BCUT2D eigenvalue weighted by atomic mass is 16.5. The normalized spacial score (nSPS) is 10.6. The van der Waals surface area contributed by atoms with Crippen LogP contribution in [0.3, 0.4) is 0 Å². The van der Waals surface area contributed by atoms with E-state index in [2.05, 4.69) is 29.3 Å². The summed E-state index contributed by atoms with van der Waals surface area (Å²) in [6, 6.07) is 17.0. The predicted molar refractivity (Wildman–Crippen MR) is 103 cm³/mol. The summed E-state index contributed by atoms with van der Waals surface area (Å²) in [7, 11) is 0. The van der Waals surface area contributed by atoms with Gasteiger partial charge in [0.2, 0.25) is 5.91 Å². The minimum Gasteiger partial charge on any atom is -0.462 e. The molecule has 5 heteroatoms. The van der Waals surface area contributed by atoms with E-state index >= 15 is 0 Å². The van der Waals surface area contributed by atoms with E-state index in [0.29, 0.717) is 30.8 Å². The molecule has 0 saturated heterocycles. The minimum absolute atomic E-state index is 0.0413. The Morgan fingerprint density at radius 3 is 2.31 bits per heavy atom. The van der Waals surface area contributed by atoms with Crippen LogP contribution in [0.2, 0.25) is 0 Å². The molecule has 1 amide bonds. The van der Waals surface area contributed by atoms with Gasteiger partial charge in [0.25, 0.3) is 0 Å². The Morgan fingerprint density at radius 2 is 1.69 bits per heavy atom. The molecule has 0 atom stereocenters. The maximum Gasteiger partial charge on any atom is 0.338 e. The van der Waals surface area contributed by atoms with Crippen LogP contribution in [0.25, 0.3) is 0 Å². The summed E-state index contributed by atoms with van der Waals surface area (Å²) in [6.45, 7) is 6.61. The summed E-state index contributed by atoms with van der Waals surface area (Å²) in [5, 5.41) is 2.87. The maximum atomic E-state index is 12.2. The van der Waals surface area contributed by atoms with Gasteiger partial charge in [0.05, 0.1) is 12.2 Å². The number of carbonyl (C=O) groups is 2. The Morgan fingerprint density at radius 1 is 1.00 bits per heavy atom. The number of nitrogens with zero attached hydrogens (tertiary/aromatic N) is 1. The van der Waals surface area contributed by atoms with Crippen LogP contribution in [0.15, 0.2) is 54.6 Å². The third-order valence-electron chi connectivity index (χ3n) is 4.03. The van der Waals surface area contributed by atoms with Crippen LogP contribution in [0.1, 0.15) is 36.2 Å². The number of carbonyl (C=O) groups excluding carboxylic acids is 2. The van der Waals surface area contributed by atoms with Crippen molar-refractivity contribution < 1.29 is 14.3 Å². The van der Waals surface area contributed by atoms with Gasteiger partial charge in [-0.25, -0.2) is 4.79 Å². The summed E-state index contributed by atoms with van der Waals surface area (Å²) in [6.07, 6.45) is 0.417. The van der Waals surface area contributed by atoms with E-state index in [0.717, 1.165) is 13.1 Å². The number of anilines is 1. The van der Waals surface area contributed by atoms with Gasteiger partial charge in [-0.2, -0.15) is 0 Å². The third-order valence-corrected chi connectivity index (χ3v) is 4.03. The van der Waals surface area contributed by atoms with E-state index in [1.165, 1.54) is 5.56 Å². The van der Waals surface area contributed by atoms with Gasteiger partial charge >= 0.3 is 5.97 Å². The largest absolute Gasteiger partial charge is 0.462 e. The van der Waals surface area contributed by atoms with Crippen molar-refractivity contribution in [3.63, 3.8) is 0 Å². The molecule has 1 N–H and O–H groups in total. The number of nitrogens with one attached hydrogen (secondary N) is 1. The molecular weight excluding hydrogens is 328 g/mol. The fourth-order valence-electron chi connectivity index (χ4n) is 2.58. The second-order valence-electron chi connectivity index (χ2n) is 5.95. The van der Waals surface area contributed by atoms with Crippen LogP contribution < -0.4 is 5.32 Å². The highest BCUT2D eigenvalue weighted by Gasteiger charge is 2.09. The Labute approximate surface area is 155 Å². The molecule has 0 spiro atoms. The molecule has 0 heterocycles. The first-order valence-electron chi connectivity index (χ1n) is 8.95. The summed E-state index contributed by atoms with van der Waals surface area (Å²) in [4.78, 5) is 26.0. The number of benzene rings is 2. The van der Waals surface area contributed by atoms with Gasteiger partial charge in [0.15, 0.2) is 0 Å². The van der Waals surface area contributed by atoms with Crippen molar-refractivity contribution in [3.05, 3.63) is 65.7 Å². The fraction of sp³-hybridized carbons (Fsp3) is 0.333. The van der Waals surface area contributed by atoms with Crippen molar-refractivity contribution in [2.24, 2.45) is 0 Å². The molecule has 0 bridgehead atoms. The first kappa shape index (κ1) is 19.7. The molecule has 0 radical (unpaired) electrons. The molecule has 0 aliphatic rings. The number of hydrogen-bond donors (Lipinski definition) is 1. The van der Waals surface area contributed by atoms with Gasteiger partial charge in [0, 0.05) is 25.2 Å². The van der Waals surface area contributed by atoms with Crippen LogP contribution in [-0.4, -0.2) is 36.5 Å². The molecule has 0 aliphatic carbocycles. The first-order valence-corrected chi connectivity index (χ1v) is 8.95. The maximum absolute atomic E-state index is 12.2. The van der Waals surface area contributed by atoms with Gasteiger partial charge in [-0.05, 0) is 43.3 Å². The lowest BCUT2D eigenvalue weighted by molar-refractivity contribution is -0.116. The molecule has 2 rings (SSSR count). The fourth-order valence-corrected chi connectivity index (χ4v) is 2.58. The van der Waals surface area contributed by atoms with Crippen molar-refractivity contribution in [2.75, 3.05) is 25.0 Å². The number of hydrogen-bond acceptors (Lipinski definition) is 4. The lowest BCUT2D eigenvalue weighted by Gasteiger charge is -2.20. The molecule has 2 aromatic rings. The van der Waals surface area contributed by atoms with Crippen LogP contribution in [0.5, 0.6) is 0 Å². The third kappa shape index (κ3) is 6.33. The Bertz CT molecular complexity index is 699. The standard InChI is InChI=1S/C21H26N2O3/c1-3-23(16-17-8-6-5-7-9-17)15-14-20(24)22-19-12-10-18(11-13-19)21(25)26-4-2/h5-13H,3-4,14-16H2,1-2H3,(H,22,24). The average Bonchev–Trinajstić information content (AvgIpc) is 2.66. The molecule has 0 saturated carbocycles. The summed E-state index contributed by atoms with van der Waals surface area (Å²) in [5.74, 6) is -0.398. The minimum atomic E-state index is -0.357. The lowest BCUT2D eigenvalue weighted by atomic mass is 10.2. The number of esters is 1. The van der Waals surface area contributed by atoms with Crippen molar-refractivity contribution in [3.8, 4) is 0 Å². The van der Waals surface area contributed by atoms with Crippen LogP contribution in [-0.2, 0) is 16.1 Å². The smallest absolute Gasteiger partial charge is 0.338 e. The van der Waals surface area contributed by atoms with Gasteiger partial charge in [-0.3, -0.25) is 9.69 Å². The average molecular weight is 354 g/mol. The Kier molecular flexibility index (Phi) is 7.83. The monoisotopic (exact) mass is 354 g/mol. The zero-order chi connectivity index (χ0) is 18.8. The van der Waals surface area contributed by atoms with E-state index in [9.17, 15) is 9.59 Å². The summed E-state index contributed by atoms with van der Waals surface area (Å²) in [5.41, 5.74) is 2.39. The van der Waals surface area contributed by atoms with E-state index in [1.807, 2.05) is 18.2 Å². The topological polar surface area (TPSA) is 58.6 Å². The second-order valence-corrected chi connectivity index (χ2v) is 5.95. The molecule has 0 aromatic heterocycles. The van der Waals surface area contributed by atoms with Crippen molar-refractivity contribution >= 4 is 17.6 Å². The number of rotatable bonds is 9. The summed E-state index contributed by atoms with van der Waals surface area (Å²) >= 11 is 0. The highest BCUT2D eigenvalue weighted by Crippen LogP contribution is 2.11. The SMILES string of the molecule is CCOC(=O)c1ccc(NC(=O)CCN(CC)Cc2ccccc2)cc1. The highest BCUT2D eigenvalue weighted by molar-refractivity contribution is 5.93. The molecular formula is C21H26N2O3. The second kappa shape index (κ2) is 10.4. The van der Waals surface area contributed by atoms with Crippen molar-refractivity contribution in [1.82, 2.24) is 4.90 Å². The van der Waals surface area contributed by atoms with E-state index in [4.69, 9.17) is 4.74 Å². The molecule has 26 heavy (non-hydrogen) atoms. The van der Waals surface area contributed by atoms with Crippen LogP contribution in [0.4, 0.5) is 5.69 Å². The van der Waals surface area contributed by atoms with E-state index in [1.54, 1.807) is 31.2 Å². The quantitative estimate of drug-likeness (QED) is 0.698. The molecule has 0 fully saturated rings. The number of amides is 1. The van der Waals surface area contributed by atoms with Crippen LogP contribution >= 0.6 is 0 Å². The van der Waals surface area contributed by atoms with Crippen LogP contribution in [0, 0.1) is 0 Å².